The first kappa shape index (κ1) is 21.1. The summed E-state index contributed by atoms with van der Waals surface area (Å²) in [5, 5.41) is 4.38. The molecule has 1 heterocycles. The zero-order valence-corrected chi connectivity index (χ0v) is 16.7. The summed E-state index contributed by atoms with van der Waals surface area (Å²) < 4.78 is 28.8. The van der Waals surface area contributed by atoms with Crippen LogP contribution in [-0.4, -0.2) is 42.6 Å². The van der Waals surface area contributed by atoms with Crippen LogP contribution in [0, 0.1) is 0 Å². The highest BCUT2D eigenvalue weighted by Crippen LogP contribution is 2.16. The number of ether oxygens (including phenoxy) is 1. The lowest BCUT2D eigenvalue weighted by Crippen LogP contribution is -2.38. The molecule has 0 radical (unpaired) electrons. The first-order chi connectivity index (χ1) is 13.0. The molecule has 0 saturated heterocycles. The van der Waals surface area contributed by atoms with Gasteiger partial charge in [-0.15, -0.1) is 11.3 Å². The molecule has 8 heteroatoms. The molecule has 5 nitrogen and oxygen atoms in total. The third-order valence-corrected chi connectivity index (χ3v) is 5.00. The second kappa shape index (κ2) is 10.8. The number of hydrogen-bond acceptors (Lipinski definition) is 4. The van der Waals surface area contributed by atoms with E-state index in [9.17, 15) is 8.78 Å². The Morgan fingerprint density at radius 3 is 2.63 bits per heavy atom. The summed E-state index contributed by atoms with van der Waals surface area (Å²) >= 11 is 1.73. The van der Waals surface area contributed by atoms with Crippen molar-refractivity contribution in [2.24, 2.45) is 4.99 Å². The zero-order chi connectivity index (χ0) is 19.6. The number of alkyl halides is 2. The van der Waals surface area contributed by atoms with Crippen molar-refractivity contribution < 1.29 is 13.5 Å². The van der Waals surface area contributed by atoms with Crippen LogP contribution in [0.1, 0.15) is 29.3 Å². The molecular weight excluding hydrogens is 370 g/mol. The zero-order valence-electron chi connectivity index (χ0n) is 15.9. The lowest BCUT2D eigenvalue weighted by atomic mass is 10.2. The molecule has 27 heavy (non-hydrogen) atoms. The van der Waals surface area contributed by atoms with Gasteiger partial charge in [0.2, 0.25) is 0 Å². The summed E-state index contributed by atoms with van der Waals surface area (Å²) in [7, 11) is 1.95. The van der Waals surface area contributed by atoms with Gasteiger partial charge < -0.3 is 15.0 Å². The van der Waals surface area contributed by atoms with Gasteiger partial charge >= 0.3 is 6.61 Å². The number of guanidine groups is 1. The molecular formula is C19H26F2N4OS. The van der Waals surface area contributed by atoms with Crippen molar-refractivity contribution in [3.63, 3.8) is 0 Å². The highest BCUT2D eigenvalue weighted by molar-refractivity contribution is 7.11. The maximum Gasteiger partial charge on any atom is 0.387 e. The smallest absolute Gasteiger partial charge is 0.387 e. The fraction of sp³-hybridized carbons (Fsp3) is 0.474. The second-order valence-corrected chi connectivity index (χ2v) is 7.14. The molecule has 1 N–H and O–H groups in total. The summed E-state index contributed by atoms with van der Waals surface area (Å²) in [5.74, 6) is 0.963. The molecule has 0 unspecified atom stereocenters. The van der Waals surface area contributed by atoms with E-state index in [0.717, 1.165) is 35.9 Å². The van der Waals surface area contributed by atoms with Crippen LogP contribution in [-0.2, 0) is 19.4 Å². The Balaban J connectivity index is 1.93. The first-order valence-corrected chi connectivity index (χ1v) is 9.80. The molecule has 0 amide bonds. The molecule has 2 rings (SSSR count). The van der Waals surface area contributed by atoms with Crippen molar-refractivity contribution in [2.45, 2.75) is 39.8 Å². The quantitative estimate of drug-likeness (QED) is 0.515. The minimum Gasteiger partial charge on any atom is -0.435 e. The predicted molar refractivity (Wildman–Crippen MR) is 106 cm³/mol. The lowest BCUT2D eigenvalue weighted by molar-refractivity contribution is -0.0498. The predicted octanol–water partition coefficient (Wildman–Crippen LogP) is 3.95. The fourth-order valence-corrected chi connectivity index (χ4v) is 3.33. The molecule has 0 spiro atoms. The number of hydrogen-bond donors (Lipinski definition) is 1. The van der Waals surface area contributed by atoms with E-state index < -0.39 is 6.61 Å². The van der Waals surface area contributed by atoms with E-state index in [4.69, 9.17) is 0 Å². The number of halogens is 2. The van der Waals surface area contributed by atoms with Gasteiger partial charge in [-0.2, -0.15) is 8.78 Å². The van der Waals surface area contributed by atoms with E-state index in [2.05, 4.69) is 27.0 Å². The fourth-order valence-electron chi connectivity index (χ4n) is 2.48. The van der Waals surface area contributed by atoms with Gasteiger partial charge in [0, 0.05) is 44.2 Å². The van der Waals surface area contributed by atoms with Crippen molar-refractivity contribution in [3.05, 3.63) is 45.9 Å². The number of thiazole rings is 1. The molecule has 0 atom stereocenters. The Kier molecular flexibility index (Phi) is 8.44. The van der Waals surface area contributed by atoms with Crippen LogP contribution in [0.4, 0.5) is 8.78 Å². The maximum atomic E-state index is 12.2. The van der Waals surface area contributed by atoms with E-state index in [1.807, 2.05) is 25.1 Å². The Morgan fingerprint density at radius 1 is 1.30 bits per heavy atom. The number of aryl methyl sites for hydroxylation is 1. The van der Waals surface area contributed by atoms with Gasteiger partial charge in [-0.25, -0.2) is 4.98 Å². The van der Waals surface area contributed by atoms with Crippen molar-refractivity contribution in [3.8, 4) is 5.75 Å². The minimum absolute atomic E-state index is 0.159. The molecule has 0 aliphatic heterocycles. The van der Waals surface area contributed by atoms with E-state index in [1.165, 1.54) is 4.88 Å². The highest BCUT2D eigenvalue weighted by Gasteiger charge is 2.08. The highest BCUT2D eigenvalue weighted by atomic mass is 32.1. The van der Waals surface area contributed by atoms with Crippen LogP contribution < -0.4 is 10.1 Å². The molecule has 0 aliphatic rings. The van der Waals surface area contributed by atoms with Crippen LogP contribution in [0.2, 0.25) is 0 Å². The minimum atomic E-state index is -2.81. The summed E-state index contributed by atoms with van der Waals surface area (Å²) in [4.78, 5) is 12.4. The molecule has 0 aliphatic carbocycles. The number of rotatable bonds is 9. The largest absolute Gasteiger partial charge is 0.435 e. The van der Waals surface area contributed by atoms with E-state index >= 15 is 0 Å². The van der Waals surface area contributed by atoms with Gasteiger partial charge in [-0.1, -0.05) is 19.1 Å². The van der Waals surface area contributed by atoms with Crippen LogP contribution in [0.15, 0.2) is 35.5 Å². The SMILES string of the molecule is CCNC(=NCCc1ncc(CC)s1)N(C)Cc1ccc(OC(F)F)cc1. The number of aliphatic imine (C=N–C) groups is 1. The molecule has 148 valence electrons. The summed E-state index contributed by atoms with van der Waals surface area (Å²) in [5.41, 5.74) is 0.984. The molecule has 0 saturated carbocycles. The monoisotopic (exact) mass is 396 g/mol. The first-order valence-electron chi connectivity index (χ1n) is 8.98. The number of nitrogens with zero attached hydrogens (tertiary/aromatic N) is 3. The van der Waals surface area contributed by atoms with Crippen molar-refractivity contribution in [1.29, 1.82) is 0 Å². The summed E-state index contributed by atoms with van der Waals surface area (Å²) in [6, 6.07) is 6.65. The van der Waals surface area contributed by atoms with Crippen molar-refractivity contribution >= 4 is 17.3 Å². The average Bonchev–Trinajstić information content (AvgIpc) is 3.10. The van der Waals surface area contributed by atoms with Crippen molar-refractivity contribution in [2.75, 3.05) is 20.1 Å². The molecule has 0 fully saturated rings. The second-order valence-electron chi connectivity index (χ2n) is 5.94. The summed E-state index contributed by atoms with van der Waals surface area (Å²) in [6.45, 7) is 3.37. The van der Waals surface area contributed by atoms with E-state index in [0.29, 0.717) is 13.1 Å². The Hall–Kier alpha value is -2.22. The third kappa shape index (κ3) is 7.13. The number of benzene rings is 1. The van der Waals surface area contributed by atoms with Crippen LogP contribution in [0.25, 0.3) is 0 Å². The molecule has 1 aromatic carbocycles. The van der Waals surface area contributed by atoms with Crippen LogP contribution in [0.3, 0.4) is 0 Å². The van der Waals surface area contributed by atoms with Gasteiger partial charge in [0.1, 0.15) is 5.75 Å². The average molecular weight is 397 g/mol. The Morgan fingerprint density at radius 2 is 2.04 bits per heavy atom. The molecule has 2 aromatic rings. The number of aromatic nitrogens is 1. The van der Waals surface area contributed by atoms with E-state index in [1.54, 1.807) is 35.6 Å². The Labute approximate surface area is 163 Å². The lowest BCUT2D eigenvalue weighted by Gasteiger charge is -2.22. The Bertz CT molecular complexity index is 719. The van der Waals surface area contributed by atoms with Gasteiger partial charge in [0.15, 0.2) is 5.96 Å². The number of nitrogens with one attached hydrogen (secondary N) is 1. The third-order valence-electron chi connectivity index (χ3n) is 3.80. The van der Waals surface area contributed by atoms with Crippen LogP contribution >= 0.6 is 11.3 Å². The topological polar surface area (TPSA) is 49.8 Å². The van der Waals surface area contributed by atoms with Gasteiger partial charge in [0.05, 0.1) is 5.01 Å². The van der Waals surface area contributed by atoms with Gasteiger partial charge in [-0.3, -0.25) is 4.99 Å². The molecule has 0 bridgehead atoms. The van der Waals surface area contributed by atoms with E-state index in [-0.39, 0.29) is 5.75 Å². The van der Waals surface area contributed by atoms with Gasteiger partial charge in [0.25, 0.3) is 0 Å². The van der Waals surface area contributed by atoms with Crippen LogP contribution in [0.5, 0.6) is 5.75 Å². The molecule has 1 aromatic heterocycles. The standard InChI is InChI=1S/C19H26F2N4OS/c1-4-16-12-24-17(27-16)10-11-23-19(22-5-2)25(3)13-14-6-8-15(9-7-14)26-18(20)21/h6-9,12,18H,4-5,10-11,13H2,1-3H3,(H,22,23). The van der Waals surface area contributed by atoms with Gasteiger partial charge in [-0.05, 0) is 31.0 Å². The normalized spacial score (nSPS) is 11.7. The summed E-state index contributed by atoms with van der Waals surface area (Å²) in [6.07, 6.45) is 3.75. The maximum absolute atomic E-state index is 12.2. The van der Waals surface area contributed by atoms with Crippen molar-refractivity contribution in [1.82, 2.24) is 15.2 Å².